The van der Waals surface area contributed by atoms with E-state index >= 15 is 0 Å². The fourth-order valence-electron chi connectivity index (χ4n) is 4.20. The first-order chi connectivity index (χ1) is 18.6. The van der Waals surface area contributed by atoms with Crippen molar-refractivity contribution in [1.82, 2.24) is 5.32 Å². The average Bonchev–Trinajstić information content (AvgIpc) is 2.87. The standard InChI is InChI=1S/C30H63N2O6P/c1-6-8-10-12-14-15-16-18-20-22-25-36-29(28-38-39(34,35)37-26-24-32(3,4)5)27-31-30(33)23-21-19-17-13-11-9-7-2/h29H,6-28H2,1-5H3,(H-,31,33,34,35)/t29-/m0/s1. The molecule has 0 aliphatic heterocycles. The van der Waals surface area contributed by atoms with E-state index in [1.54, 1.807) is 0 Å². The Morgan fingerprint density at radius 3 is 1.74 bits per heavy atom. The third kappa shape index (κ3) is 28.8. The third-order valence-corrected chi connectivity index (χ3v) is 7.78. The van der Waals surface area contributed by atoms with Crippen LogP contribution in [-0.2, 0) is 23.1 Å². The zero-order valence-corrected chi connectivity index (χ0v) is 27.1. The monoisotopic (exact) mass is 578 g/mol. The van der Waals surface area contributed by atoms with Crippen molar-refractivity contribution in [2.75, 3.05) is 54.1 Å². The largest absolute Gasteiger partial charge is 0.756 e. The number of hydrogen-bond acceptors (Lipinski definition) is 6. The summed E-state index contributed by atoms with van der Waals surface area (Å²) >= 11 is 0. The molecule has 39 heavy (non-hydrogen) atoms. The van der Waals surface area contributed by atoms with E-state index in [4.69, 9.17) is 13.8 Å². The van der Waals surface area contributed by atoms with Crippen LogP contribution in [0.15, 0.2) is 0 Å². The summed E-state index contributed by atoms with van der Waals surface area (Å²) in [7, 11) is 1.46. The molecule has 1 N–H and O–H groups in total. The molecule has 0 aromatic heterocycles. The van der Waals surface area contributed by atoms with Gasteiger partial charge in [-0.3, -0.25) is 9.36 Å². The van der Waals surface area contributed by atoms with E-state index in [0.717, 1.165) is 25.7 Å². The zero-order chi connectivity index (χ0) is 29.2. The number of nitrogens with one attached hydrogen (secondary N) is 1. The Hall–Kier alpha value is -0.500. The van der Waals surface area contributed by atoms with Crippen LogP contribution in [0, 0.1) is 0 Å². The number of hydrogen-bond donors (Lipinski definition) is 1. The molecular weight excluding hydrogens is 515 g/mol. The topological polar surface area (TPSA) is 96.9 Å². The van der Waals surface area contributed by atoms with Crippen molar-refractivity contribution in [3.05, 3.63) is 0 Å². The summed E-state index contributed by atoms with van der Waals surface area (Å²) < 4.78 is 28.9. The second-order valence-electron chi connectivity index (χ2n) is 11.9. The molecule has 2 atom stereocenters. The van der Waals surface area contributed by atoms with Crippen LogP contribution in [0.25, 0.3) is 0 Å². The number of phosphoric ester groups is 1. The molecule has 9 heteroatoms. The van der Waals surface area contributed by atoms with E-state index in [1.165, 1.54) is 83.5 Å². The average molecular weight is 579 g/mol. The van der Waals surface area contributed by atoms with Crippen molar-refractivity contribution in [3.63, 3.8) is 0 Å². The second-order valence-corrected chi connectivity index (χ2v) is 13.4. The lowest BCUT2D eigenvalue weighted by Gasteiger charge is -2.28. The summed E-state index contributed by atoms with van der Waals surface area (Å²) in [6, 6.07) is 0. The van der Waals surface area contributed by atoms with Crippen LogP contribution in [0.2, 0.25) is 0 Å². The highest BCUT2D eigenvalue weighted by atomic mass is 31.2. The van der Waals surface area contributed by atoms with Crippen LogP contribution < -0.4 is 10.2 Å². The number of ether oxygens (including phenoxy) is 1. The predicted octanol–water partition coefficient (Wildman–Crippen LogP) is 6.76. The second kappa shape index (κ2) is 25.2. The summed E-state index contributed by atoms with van der Waals surface area (Å²) in [5.74, 6) is -0.0272. The van der Waals surface area contributed by atoms with E-state index in [0.29, 0.717) is 24.1 Å². The number of amides is 1. The van der Waals surface area contributed by atoms with Gasteiger partial charge in [-0.25, -0.2) is 0 Å². The molecular formula is C30H63N2O6P. The molecule has 234 valence electrons. The van der Waals surface area contributed by atoms with Gasteiger partial charge < -0.3 is 28.5 Å². The molecule has 8 nitrogen and oxygen atoms in total. The van der Waals surface area contributed by atoms with Gasteiger partial charge in [0.1, 0.15) is 13.2 Å². The quantitative estimate of drug-likeness (QED) is 0.0599. The van der Waals surface area contributed by atoms with Crippen LogP contribution in [-0.4, -0.2) is 70.5 Å². The van der Waals surface area contributed by atoms with Crippen LogP contribution >= 0.6 is 7.82 Å². The Bertz CT molecular complexity index is 615. The number of rotatable bonds is 29. The van der Waals surface area contributed by atoms with Crippen molar-refractivity contribution in [2.24, 2.45) is 0 Å². The third-order valence-electron chi connectivity index (χ3n) is 6.82. The molecule has 0 rings (SSSR count). The smallest absolute Gasteiger partial charge is 0.268 e. The highest BCUT2D eigenvalue weighted by Gasteiger charge is 2.18. The summed E-state index contributed by atoms with van der Waals surface area (Å²) in [6.07, 6.45) is 20.4. The summed E-state index contributed by atoms with van der Waals surface area (Å²) in [6.45, 7) is 5.63. The summed E-state index contributed by atoms with van der Waals surface area (Å²) in [4.78, 5) is 24.5. The molecule has 0 spiro atoms. The van der Waals surface area contributed by atoms with Gasteiger partial charge in [0, 0.05) is 19.6 Å². The van der Waals surface area contributed by atoms with Crippen molar-refractivity contribution < 1.29 is 32.5 Å². The number of phosphoric acid groups is 1. The van der Waals surface area contributed by atoms with Gasteiger partial charge in [-0.15, -0.1) is 0 Å². The molecule has 0 fully saturated rings. The Labute approximate surface area is 241 Å². The molecule has 1 unspecified atom stereocenters. The van der Waals surface area contributed by atoms with E-state index < -0.39 is 13.9 Å². The number of nitrogens with zero attached hydrogens (tertiary/aromatic N) is 1. The van der Waals surface area contributed by atoms with Gasteiger partial charge in [-0.2, -0.15) is 0 Å². The molecule has 0 saturated carbocycles. The first-order valence-corrected chi connectivity index (χ1v) is 17.3. The van der Waals surface area contributed by atoms with E-state index in [-0.39, 0.29) is 25.7 Å². The summed E-state index contributed by atoms with van der Waals surface area (Å²) in [5.41, 5.74) is 0. The molecule has 0 heterocycles. The van der Waals surface area contributed by atoms with Gasteiger partial charge in [-0.05, 0) is 12.8 Å². The minimum absolute atomic E-state index is 0.0272. The minimum Gasteiger partial charge on any atom is -0.756 e. The molecule has 0 saturated heterocycles. The summed E-state index contributed by atoms with van der Waals surface area (Å²) in [5, 5.41) is 2.90. The lowest BCUT2D eigenvalue weighted by Crippen LogP contribution is -2.38. The molecule has 0 bridgehead atoms. The lowest BCUT2D eigenvalue weighted by atomic mass is 10.1. The fourth-order valence-corrected chi connectivity index (χ4v) is 4.93. The number of likely N-dealkylation sites (N-methyl/N-ethyl adjacent to an activating group) is 1. The number of quaternary nitrogens is 1. The van der Waals surface area contributed by atoms with Crippen LogP contribution in [0.4, 0.5) is 0 Å². The minimum atomic E-state index is -4.43. The van der Waals surface area contributed by atoms with Crippen LogP contribution in [0.5, 0.6) is 0 Å². The number of carbonyl (C=O) groups excluding carboxylic acids is 1. The highest BCUT2D eigenvalue weighted by molar-refractivity contribution is 7.45. The maximum absolute atomic E-state index is 12.3. The van der Waals surface area contributed by atoms with Crippen molar-refractivity contribution >= 4 is 13.7 Å². The van der Waals surface area contributed by atoms with Crippen molar-refractivity contribution in [3.8, 4) is 0 Å². The predicted molar refractivity (Wildman–Crippen MR) is 160 cm³/mol. The first kappa shape index (κ1) is 38.5. The van der Waals surface area contributed by atoms with Crippen molar-refractivity contribution in [1.29, 1.82) is 0 Å². The van der Waals surface area contributed by atoms with E-state index in [1.807, 2.05) is 21.1 Å². The Kier molecular flexibility index (Phi) is 24.9. The van der Waals surface area contributed by atoms with Gasteiger partial charge in [0.05, 0.1) is 33.9 Å². The van der Waals surface area contributed by atoms with Gasteiger partial charge >= 0.3 is 0 Å². The van der Waals surface area contributed by atoms with Gasteiger partial charge in [-0.1, -0.05) is 110 Å². The van der Waals surface area contributed by atoms with Gasteiger partial charge in [0.25, 0.3) is 7.82 Å². The van der Waals surface area contributed by atoms with E-state index in [9.17, 15) is 14.3 Å². The van der Waals surface area contributed by atoms with E-state index in [2.05, 4.69) is 19.2 Å². The fraction of sp³-hybridized carbons (Fsp3) is 0.967. The maximum Gasteiger partial charge on any atom is 0.268 e. The van der Waals surface area contributed by atoms with Crippen molar-refractivity contribution in [2.45, 2.75) is 136 Å². The van der Waals surface area contributed by atoms with Crippen LogP contribution in [0.1, 0.15) is 129 Å². The number of carbonyl (C=O) groups is 1. The molecule has 0 aromatic carbocycles. The molecule has 0 aliphatic rings. The van der Waals surface area contributed by atoms with Gasteiger partial charge in [0.2, 0.25) is 5.91 Å². The SMILES string of the molecule is CCCCCCCCCCCCO[C@@H](CNC(=O)CCCCCCCCC)COP(=O)([O-])OCC[N+](C)(C)C. The molecule has 0 radical (unpaired) electrons. The Morgan fingerprint density at radius 1 is 0.744 bits per heavy atom. The Morgan fingerprint density at radius 2 is 1.23 bits per heavy atom. The van der Waals surface area contributed by atoms with Crippen LogP contribution in [0.3, 0.4) is 0 Å². The number of unbranched alkanes of at least 4 members (excludes halogenated alkanes) is 15. The molecule has 1 amide bonds. The maximum atomic E-state index is 12.3. The highest BCUT2D eigenvalue weighted by Crippen LogP contribution is 2.38. The first-order valence-electron chi connectivity index (χ1n) is 15.9. The normalized spacial score (nSPS) is 14.3. The molecule has 0 aliphatic carbocycles. The zero-order valence-electron chi connectivity index (χ0n) is 26.2. The molecule has 0 aromatic rings. The Balaban J connectivity index is 4.36. The lowest BCUT2D eigenvalue weighted by molar-refractivity contribution is -0.870. The van der Waals surface area contributed by atoms with Gasteiger partial charge in [0.15, 0.2) is 0 Å².